The minimum atomic E-state index is -0.504. The molecular formula is C30H27F2N9O3. The van der Waals surface area contributed by atoms with E-state index in [1.807, 2.05) is 0 Å². The Labute approximate surface area is 248 Å². The summed E-state index contributed by atoms with van der Waals surface area (Å²) in [6, 6.07) is 10.8. The molecule has 5 rings (SSSR count). The lowest BCUT2D eigenvalue weighted by atomic mass is 10.2. The smallest absolute Gasteiger partial charge is 0.257 e. The number of aromatic amines is 2. The molecule has 3 heterocycles. The fourth-order valence-electron chi connectivity index (χ4n) is 4.43. The second-order valence-electron chi connectivity index (χ2n) is 9.67. The molecule has 8 N–H and O–H groups in total. The molecule has 0 aliphatic rings. The van der Waals surface area contributed by atoms with E-state index in [9.17, 15) is 23.5 Å². The summed E-state index contributed by atoms with van der Waals surface area (Å²) < 4.78 is 26.9. The molecule has 0 spiro atoms. The summed E-state index contributed by atoms with van der Waals surface area (Å²) in [5.41, 5.74) is 7.90. The van der Waals surface area contributed by atoms with Crippen LogP contribution in [0, 0.1) is 18.6 Å². The molecular weight excluding hydrogens is 572 g/mol. The van der Waals surface area contributed by atoms with Crippen LogP contribution in [0.5, 0.6) is 5.88 Å². The summed E-state index contributed by atoms with van der Waals surface area (Å²) in [4.78, 5) is 35.3. The third-order valence-electron chi connectivity index (χ3n) is 6.61. The minimum Gasteiger partial charge on any atom is -0.493 e. The van der Waals surface area contributed by atoms with Gasteiger partial charge in [0.1, 0.15) is 17.5 Å². The Morgan fingerprint density at radius 1 is 1.07 bits per heavy atom. The molecule has 2 aromatic carbocycles. The van der Waals surface area contributed by atoms with Gasteiger partial charge in [0.2, 0.25) is 5.88 Å². The highest BCUT2D eigenvalue weighted by atomic mass is 19.1. The summed E-state index contributed by atoms with van der Waals surface area (Å²) in [5.74, 6) is -1.56. The van der Waals surface area contributed by atoms with Crippen molar-refractivity contribution in [1.29, 1.82) is 0 Å². The molecule has 0 bridgehead atoms. The number of amides is 2. The third kappa shape index (κ3) is 6.38. The molecule has 14 heteroatoms. The van der Waals surface area contributed by atoms with Crippen molar-refractivity contribution in [2.75, 3.05) is 29.5 Å². The predicted molar refractivity (Wildman–Crippen MR) is 163 cm³/mol. The molecule has 0 fully saturated rings. The van der Waals surface area contributed by atoms with Gasteiger partial charge in [-0.05, 0) is 55.5 Å². The largest absolute Gasteiger partial charge is 0.493 e. The maximum absolute atomic E-state index is 13.6. The number of nitrogen functional groups attached to an aromatic ring is 1. The number of nitrogens with two attached hydrogens (primary N) is 1. The topological polar surface area (TPSA) is 186 Å². The van der Waals surface area contributed by atoms with Crippen LogP contribution in [0.2, 0.25) is 0 Å². The van der Waals surface area contributed by atoms with Gasteiger partial charge in [0.15, 0.2) is 5.69 Å². The molecule has 0 atom stereocenters. The van der Waals surface area contributed by atoms with E-state index < -0.39 is 17.5 Å². The van der Waals surface area contributed by atoms with Crippen molar-refractivity contribution in [3.63, 3.8) is 0 Å². The lowest BCUT2D eigenvalue weighted by Gasteiger charge is -2.10. The normalized spacial score (nSPS) is 11.8. The van der Waals surface area contributed by atoms with Crippen LogP contribution >= 0.6 is 0 Å². The van der Waals surface area contributed by atoms with Crippen LogP contribution in [0.15, 0.2) is 65.0 Å². The number of aromatic nitrogens is 3. The number of anilines is 3. The molecule has 0 saturated heterocycles. The number of halogens is 2. The first-order valence-corrected chi connectivity index (χ1v) is 13.2. The number of benzene rings is 2. The molecule has 5 aromatic rings. The van der Waals surface area contributed by atoms with Crippen LogP contribution in [0.3, 0.4) is 0 Å². The number of aromatic hydroxyl groups is 1. The SMILES string of the molecule is C=c1c(C(=O)NCCNc2ccc(C(=O)Nc3ccc(F)cc3N)cn2)c(C)[nH]c1=CN=Nc1c(O)[nH]c2ccc(F)cc12. The molecule has 2 amide bonds. The Morgan fingerprint density at radius 2 is 1.84 bits per heavy atom. The summed E-state index contributed by atoms with van der Waals surface area (Å²) in [5, 5.41) is 27.8. The number of hydrogen-bond acceptors (Lipinski definition) is 8. The van der Waals surface area contributed by atoms with Gasteiger partial charge in [0, 0.05) is 35.6 Å². The van der Waals surface area contributed by atoms with Crippen molar-refractivity contribution in [2.24, 2.45) is 10.2 Å². The first-order chi connectivity index (χ1) is 21.1. The van der Waals surface area contributed by atoms with Crippen molar-refractivity contribution in [2.45, 2.75) is 6.92 Å². The Kier molecular flexibility index (Phi) is 8.33. The van der Waals surface area contributed by atoms with E-state index in [0.717, 1.165) is 6.07 Å². The number of pyridine rings is 1. The van der Waals surface area contributed by atoms with Crippen molar-refractivity contribution in [1.82, 2.24) is 20.3 Å². The number of carbonyl (C=O) groups excluding carboxylic acids is 2. The van der Waals surface area contributed by atoms with E-state index in [1.165, 1.54) is 42.7 Å². The molecule has 0 radical (unpaired) electrons. The van der Waals surface area contributed by atoms with Crippen LogP contribution in [0.25, 0.3) is 23.7 Å². The Morgan fingerprint density at radius 3 is 2.59 bits per heavy atom. The number of nitrogens with zero attached hydrogens (tertiary/aromatic N) is 3. The number of azo groups is 1. The Bertz CT molecular complexity index is 2020. The van der Waals surface area contributed by atoms with Crippen LogP contribution in [-0.4, -0.2) is 45.0 Å². The molecule has 0 saturated carbocycles. The van der Waals surface area contributed by atoms with Gasteiger partial charge in [-0.2, -0.15) is 5.11 Å². The summed E-state index contributed by atoms with van der Waals surface area (Å²) >= 11 is 0. The lowest BCUT2D eigenvalue weighted by Crippen LogP contribution is -2.34. The molecule has 0 aliphatic carbocycles. The molecule has 0 unspecified atom stereocenters. The summed E-state index contributed by atoms with van der Waals surface area (Å²) in [7, 11) is 0. The summed E-state index contributed by atoms with van der Waals surface area (Å²) in [6.45, 7) is 6.29. The predicted octanol–water partition coefficient (Wildman–Crippen LogP) is 3.79. The zero-order valence-electron chi connectivity index (χ0n) is 23.3. The standard InChI is InChI=1S/C30H27F2N9O3/c1-15-24(14-37-41-27-20-11-18(31)4-6-22(20)39-30(27)44)38-16(2)26(15)29(43)35-10-9-34-25-8-3-17(13-36-25)28(42)40-23-7-5-19(32)12-21(23)33/h3-8,11-14,38-39,44H,1,9-10,33H2,2H3,(H,34,36)(H,35,43)(H,40,42). The van der Waals surface area contributed by atoms with E-state index >= 15 is 0 Å². The van der Waals surface area contributed by atoms with E-state index in [1.54, 1.807) is 19.1 Å². The van der Waals surface area contributed by atoms with E-state index in [0.29, 0.717) is 45.1 Å². The number of rotatable bonds is 9. The van der Waals surface area contributed by atoms with Crippen molar-refractivity contribution in [3.8, 4) is 5.88 Å². The van der Waals surface area contributed by atoms with Gasteiger partial charge in [-0.15, -0.1) is 5.11 Å². The Hall–Kier alpha value is -6.05. The lowest BCUT2D eigenvalue weighted by molar-refractivity contribution is 0.0953. The third-order valence-corrected chi connectivity index (χ3v) is 6.61. The van der Waals surface area contributed by atoms with Crippen LogP contribution in [0.1, 0.15) is 26.4 Å². The highest BCUT2D eigenvalue weighted by Crippen LogP contribution is 2.35. The number of carbonyl (C=O) groups is 2. The van der Waals surface area contributed by atoms with Gasteiger partial charge in [0.05, 0.1) is 39.6 Å². The number of fused-ring (bicyclic) bond motifs is 1. The summed E-state index contributed by atoms with van der Waals surface area (Å²) in [6.07, 6.45) is 2.73. The van der Waals surface area contributed by atoms with Crippen molar-refractivity contribution in [3.05, 3.63) is 93.8 Å². The van der Waals surface area contributed by atoms with E-state index in [4.69, 9.17) is 5.73 Å². The number of aryl methyl sites for hydroxylation is 1. The van der Waals surface area contributed by atoms with Crippen LogP contribution in [-0.2, 0) is 0 Å². The highest BCUT2D eigenvalue weighted by molar-refractivity contribution is 6.05. The maximum Gasteiger partial charge on any atom is 0.257 e. The van der Waals surface area contributed by atoms with Gasteiger partial charge < -0.3 is 36.8 Å². The van der Waals surface area contributed by atoms with Crippen LogP contribution in [0.4, 0.5) is 31.7 Å². The fraction of sp³-hybridized carbons (Fsp3) is 0.100. The Balaban J connectivity index is 1.15. The molecule has 44 heavy (non-hydrogen) atoms. The molecule has 0 aliphatic heterocycles. The number of H-pyrrole nitrogens is 2. The number of hydrogen-bond donors (Lipinski definition) is 7. The van der Waals surface area contributed by atoms with Crippen molar-refractivity contribution < 1.29 is 23.5 Å². The molecule has 224 valence electrons. The average molecular weight is 600 g/mol. The zero-order valence-corrected chi connectivity index (χ0v) is 23.3. The second-order valence-corrected chi connectivity index (χ2v) is 9.67. The molecule has 12 nitrogen and oxygen atoms in total. The van der Waals surface area contributed by atoms with Crippen molar-refractivity contribution >= 4 is 58.4 Å². The van der Waals surface area contributed by atoms with Gasteiger partial charge in [-0.3, -0.25) is 9.59 Å². The molecule has 3 aromatic heterocycles. The number of nitrogens with one attached hydrogen (secondary N) is 5. The van der Waals surface area contributed by atoms with Gasteiger partial charge in [-0.1, -0.05) is 6.58 Å². The van der Waals surface area contributed by atoms with Gasteiger partial charge >= 0.3 is 0 Å². The zero-order chi connectivity index (χ0) is 31.4. The minimum absolute atomic E-state index is 0.0812. The fourth-order valence-corrected chi connectivity index (χ4v) is 4.43. The van der Waals surface area contributed by atoms with Gasteiger partial charge in [-0.25, -0.2) is 13.8 Å². The second kappa shape index (κ2) is 12.4. The van der Waals surface area contributed by atoms with E-state index in [-0.39, 0.29) is 41.0 Å². The monoisotopic (exact) mass is 599 g/mol. The first-order valence-electron chi connectivity index (χ1n) is 13.2. The van der Waals surface area contributed by atoms with Gasteiger partial charge in [0.25, 0.3) is 11.8 Å². The maximum atomic E-state index is 13.6. The quantitative estimate of drug-likeness (QED) is 0.0767. The van der Waals surface area contributed by atoms with E-state index in [2.05, 4.69) is 47.7 Å². The van der Waals surface area contributed by atoms with Crippen LogP contribution < -0.4 is 32.3 Å². The average Bonchev–Trinajstić information content (AvgIpc) is 3.46. The first kappa shape index (κ1) is 29.4. The highest BCUT2D eigenvalue weighted by Gasteiger charge is 2.14.